The fourth-order valence-corrected chi connectivity index (χ4v) is 4.51. The molecule has 6 heterocycles. The summed E-state index contributed by atoms with van der Waals surface area (Å²) in [5.74, 6) is 0.691. The molecule has 0 aliphatic carbocycles. The van der Waals surface area contributed by atoms with E-state index in [1.165, 1.54) is 4.88 Å². The number of aromatic nitrogens is 6. The normalized spacial score (nSPS) is 11.4. The quantitative estimate of drug-likeness (QED) is 0.401. The first kappa shape index (κ1) is 17.8. The van der Waals surface area contributed by atoms with Crippen molar-refractivity contribution in [3.63, 3.8) is 0 Å². The van der Waals surface area contributed by atoms with E-state index in [4.69, 9.17) is 4.74 Å². The van der Waals surface area contributed by atoms with Crippen LogP contribution in [0.5, 0.6) is 5.75 Å². The van der Waals surface area contributed by atoms with E-state index in [1.54, 1.807) is 37.0 Å². The number of fused-ring (bicyclic) bond motifs is 2. The van der Waals surface area contributed by atoms with E-state index < -0.39 is 0 Å². The van der Waals surface area contributed by atoms with Gasteiger partial charge in [-0.1, -0.05) is 6.07 Å². The minimum atomic E-state index is 0.691. The maximum absolute atomic E-state index is 5.30. The topological polar surface area (TPSA) is 92.4 Å². The zero-order valence-electron chi connectivity index (χ0n) is 16.5. The van der Waals surface area contributed by atoms with E-state index in [9.17, 15) is 0 Å². The number of H-pyrrole nitrogens is 2. The molecule has 7 nitrogen and oxygen atoms in total. The lowest BCUT2D eigenvalue weighted by Crippen LogP contribution is -1.88. The summed E-state index contributed by atoms with van der Waals surface area (Å²) < 4.78 is 5.30. The van der Waals surface area contributed by atoms with Crippen molar-refractivity contribution in [3.05, 3.63) is 66.7 Å². The molecule has 0 saturated carbocycles. The fraction of sp³-hybridized carbons (Fsp3) is 0.0435. The highest BCUT2D eigenvalue weighted by atomic mass is 32.1. The summed E-state index contributed by atoms with van der Waals surface area (Å²) in [5.41, 5.74) is 6.40. The summed E-state index contributed by atoms with van der Waals surface area (Å²) in [6.45, 7) is 0. The number of ether oxygens (including phenoxy) is 1. The van der Waals surface area contributed by atoms with E-state index in [0.717, 1.165) is 50.0 Å². The van der Waals surface area contributed by atoms with Crippen LogP contribution in [0, 0.1) is 0 Å². The molecule has 6 rings (SSSR count). The molecule has 6 aromatic rings. The van der Waals surface area contributed by atoms with Gasteiger partial charge in [-0.2, -0.15) is 5.10 Å². The first-order valence-electron chi connectivity index (χ1n) is 9.64. The Hall–Kier alpha value is -4.04. The van der Waals surface area contributed by atoms with Gasteiger partial charge in [-0.15, -0.1) is 11.3 Å². The molecule has 0 aliphatic rings. The van der Waals surface area contributed by atoms with Crippen molar-refractivity contribution >= 4 is 33.1 Å². The molecule has 6 aromatic heterocycles. The van der Waals surface area contributed by atoms with Gasteiger partial charge >= 0.3 is 0 Å². The second-order valence-electron chi connectivity index (χ2n) is 7.11. The van der Waals surface area contributed by atoms with Gasteiger partial charge in [-0.3, -0.25) is 20.1 Å². The molecule has 0 radical (unpaired) electrons. The van der Waals surface area contributed by atoms with Gasteiger partial charge in [0.1, 0.15) is 11.4 Å². The number of rotatable bonds is 4. The molecule has 0 unspecified atom stereocenters. The average Bonchev–Trinajstić information content (AvgIpc) is 3.57. The van der Waals surface area contributed by atoms with Crippen LogP contribution in [0.1, 0.15) is 0 Å². The van der Waals surface area contributed by atoms with Gasteiger partial charge in [0.25, 0.3) is 0 Å². The van der Waals surface area contributed by atoms with E-state index in [0.29, 0.717) is 5.75 Å². The third-order valence-electron chi connectivity index (χ3n) is 5.28. The van der Waals surface area contributed by atoms with Crippen molar-refractivity contribution in [1.82, 2.24) is 30.1 Å². The van der Waals surface area contributed by atoms with E-state index >= 15 is 0 Å². The summed E-state index contributed by atoms with van der Waals surface area (Å²) >= 11 is 1.70. The van der Waals surface area contributed by atoms with Gasteiger partial charge in [0.2, 0.25) is 0 Å². The van der Waals surface area contributed by atoms with E-state index in [2.05, 4.69) is 53.7 Å². The minimum absolute atomic E-state index is 0.691. The molecule has 0 spiro atoms. The highest BCUT2D eigenvalue weighted by Crippen LogP contribution is 2.35. The maximum atomic E-state index is 5.30. The number of thiophene rings is 1. The van der Waals surface area contributed by atoms with Crippen LogP contribution in [0.4, 0.5) is 0 Å². The first-order valence-corrected chi connectivity index (χ1v) is 10.5. The Morgan fingerprint density at radius 1 is 0.935 bits per heavy atom. The van der Waals surface area contributed by atoms with Crippen LogP contribution in [-0.4, -0.2) is 37.2 Å². The molecule has 8 heteroatoms. The second kappa shape index (κ2) is 7.03. The molecule has 150 valence electrons. The highest BCUT2D eigenvalue weighted by Gasteiger charge is 2.15. The lowest BCUT2D eigenvalue weighted by atomic mass is 10.1. The zero-order chi connectivity index (χ0) is 20.8. The number of aromatic amines is 2. The molecule has 2 N–H and O–H groups in total. The molecular formula is C23H16N6OS. The Kier molecular flexibility index (Phi) is 4.03. The molecule has 0 aliphatic heterocycles. The monoisotopic (exact) mass is 424 g/mol. The van der Waals surface area contributed by atoms with Crippen molar-refractivity contribution in [3.8, 4) is 38.8 Å². The molecule has 0 amide bonds. The largest absolute Gasteiger partial charge is 0.495 e. The van der Waals surface area contributed by atoms with Crippen LogP contribution < -0.4 is 4.74 Å². The van der Waals surface area contributed by atoms with E-state index in [1.807, 2.05) is 24.5 Å². The van der Waals surface area contributed by atoms with Crippen LogP contribution in [0.2, 0.25) is 0 Å². The molecular weight excluding hydrogens is 408 g/mol. The molecule has 0 fully saturated rings. The van der Waals surface area contributed by atoms with Crippen molar-refractivity contribution in [2.45, 2.75) is 0 Å². The van der Waals surface area contributed by atoms with Crippen LogP contribution in [0.15, 0.2) is 66.7 Å². The third kappa shape index (κ3) is 2.96. The van der Waals surface area contributed by atoms with Gasteiger partial charge in [-0.25, -0.2) is 0 Å². The maximum Gasteiger partial charge on any atom is 0.137 e. The van der Waals surface area contributed by atoms with Crippen LogP contribution >= 0.6 is 11.3 Å². The summed E-state index contributed by atoms with van der Waals surface area (Å²) in [7, 11) is 1.63. The summed E-state index contributed by atoms with van der Waals surface area (Å²) in [4.78, 5) is 17.9. The van der Waals surface area contributed by atoms with Gasteiger partial charge in [-0.05, 0) is 29.6 Å². The summed E-state index contributed by atoms with van der Waals surface area (Å²) in [6.07, 6.45) is 9.00. The van der Waals surface area contributed by atoms with Crippen LogP contribution in [-0.2, 0) is 0 Å². The lowest BCUT2D eigenvalue weighted by molar-refractivity contribution is 0.413. The van der Waals surface area contributed by atoms with Crippen molar-refractivity contribution in [2.75, 3.05) is 7.11 Å². The number of hydrogen-bond acceptors (Lipinski definition) is 6. The van der Waals surface area contributed by atoms with Gasteiger partial charge in [0.05, 0.1) is 48.1 Å². The number of hydrogen-bond donors (Lipinski definition) is 2. The third-order valence-corrected chi connectivity index (χ3v) is 6.18. The Morgan fingerprint density at radius 2 is 1.87 bits per heavy atom. The average molecular weight is 424 g/mol. The lowest BCUT2D eigenvalue weighted by Gasteiger charge is -2.04. The number of nitrogens with one attached hydrogen (secondary N) is 2. The zero-order valence-corrected chi connectivity index (χ0v) is 17.3. The van der Waals surface area contributed by atoms with Crippen molar-refractivity contribution < 1.29 is 4.74 Å². The van der Waals surface area contributed by atoms with Gasteiger partial charge < -0.3 is 9.72 Å². The van der Waals surface area contributed by atoms with Crippen molar-refractivity contribution in [1.29, 1.82) is 0 Å². The number of pyridine rings is 3. The summed E-state index contributed by atoms with van der Waals surface area (Å²) in [6, 6.07) is 10.2. The fourth-order valence-electron chi connectivity index (χ4n) is 3.76. The molecule has 0 bridgehead atoms. The highest BCUT2D eigenvalue weighted by molar-refractivity contribution is 7.13. The van der Waals surface area contributed by atoms with Gasteiger partial charge in [0, 0.05) is 39.2 Å². The smallest absolute Gasteiger partial charge is 0.137 e. The molecule has 0 saturated heterocycles. The molecule has 0 atom stereocenters. The first-order chi connectivity index (χ1) is 15.3. The molecule has 31 heavy (non-hydrogen) atoms. The Bertz CT molecular complexity index is 1530. The SMILES string of the molecule is COc1cncc(-c2cc3c(-c4cc5c(-c6cccs6)cncc5[nH]4)n[nH]c3cn2)c1. The molecule has 0 aromatic carbocycles. The van der Waals surface area contributed by atoms with E-state index in [-0.39, 0.29) is 0 Å². The predicted molar refractivity (Wildman–Crippen MR) is 122 cm³/mol. The Balaban J connectivity index is 1.50. The summed E-state index contributed by atoms with van der Waals surface area (Å²) in [5, 5.41) is 11.8. The Morgan fingerprint density at radius 3 is 2.74 bits per heavy atom. The van der Waals surface area contributed by atoms with Crippen LogP contribution in [0.25, 0.3) is 54.9 Å². The number of methoxy groups -OCH3 is 1. The minimum Gasteiger partial charge on any atom is -0.495 e. The predicted octanol–water partition coefficient (Wildman–Crippen LogP) is 5.30. The second-order valence-corrected chi connectivity index (χ2v) is 8.06. The number of nitrogens with zero attached hydrogens (tertiary/aromatic N) is 4. The van der Waals surface area contributed by atoms with Crippen molar-refractivity contribution in [2.24, 2.45) is 0 Å². The Labute approximate surface area is 180 Å². The van der Waals surface area contributed by atoms with Gasteiger partial charge in [0.15, 0.2) is 0 Å². The van der Waals surface area contributed by atoms with Crippen LogP contribution in [0.3, 0.4) is 0 Å². The standard InChI is InChI=1S/C23H16N6OS/c1-30-14-5-13(8-24-9-14)18-7-16-21(12-26-18)28-29-23(16)19-6-15-17(22-3-2-4-31-22)10-25-11-20(15)27-19/h2-12,27H,1H3,(H,28,29).